The minimum absolute atomic E-state index is 0.0266. The molecule has 0 amide bonds. The van der Waals surface area contributed by atoms with Gasteiger partial charge in [0.25, 0.3) is 6.71 Å². The van der Waals surface area contributed by atoms with Crippen LogP contribution in [-0.2, 0) is 27.1 Å². The van der Waals surface area contributed by atoms with Crippen molar-refractivity contribution in [2.75, 3.05) is 9.80 Å². The zero-order valence-corrected chi connectivity index (χ0v) is 62.9. The van der Waals surface area contributed by atoms with Crippen molar-refractivity contribution in [2.45, 2.75) is 131 Å². The van der Waals surface area contributed by atoms with Crippen molar-refractivity contribution in [3.05, 3.63) is 301 Å². The molecule has 4 heteroatoms. The van der Waals surface area contributed by atoms with Crippen LogP contribution in [0, 0.1) is 0 Å². The summed E-state index contributed by atoms with van der Waals surface area (Å²) in [5.41, 5.74) is 32.0. The Kier molecular flexibility index (Phi) is 14.6. The Hall–Kier alpha value is -10.9. The normalized spacial score (nSPS) is 13.5. The molecule has 18 rings (SSSR count). The molecule has 0 aliphatic carbocycles. The largest absolute Gasteiger partial charge is 0.310 e. The second kappa shape index (κ2) is 23.3. The summed E-state index contributed by atoms with van der Waals surface area (Å²) in [6, 6.07) is 107. The summed E-state index contributed by atoms with van der Waals surface area (Å²) in [7, 11) is 0. The average molecular weight is 1340 g/mol. The van der Waals surface area contributed by atoms with Gasteiger partial charge in [0.2, 0.25) is 0 Å². The van der Waals surface area contributed by atoms with Crippen molar-refractivity contribution >= 4 is 111 Å². The number of nitrogens with zero attached hydrogens (tertiary/aromatic N) is 3. The van der Waals surface area contributed by atoms with E-state index < -0.39 is 0 Å². The summed E-state index contributed by atoms with van der Waals surface area (Å²) in [4.78, 5) is 5.48. The molecule has 104 heavy (non-hydrogen) atoms. The molecule has 16 aromatic rings. The lowest BCUT2D eigenvalue weighted by molar-refractivity contribution is 0.590. The van der Waals surface area contributed by atoms with Crippen LogP contribution in [0.2, 0.25) is 0 Å². The van der Waals surface area contributed by atoms with Crippen molar-refractivity contribution < 1.29 is 0 Å². The van der Waals surface area contributed by atoms with E-state index in [0.29, 0.717) is 0 Å². The highest BCUT2D eigenvalue weighted by Gasteiger charge is 2.46. The monoisotopic (exact) mass is 1340 g/mol. The van der Waals surface area contributed by atoms with E-state index in [0.717, 1.165) is 22.7 Å². The van der Waals surface area contributed by atoms with Gasteiger partial charge in [-0.05, 0) is 179 Å². The number of rotatable bonds is 8. The van der Waals surface area contributed by atoms with Gasteiger partial charge in [0.1, 0.15) is 0 Å². The number of hydrogen-bond acceptors (Lipinski definition) is 2. The first kappa shape index (κ1) is 65.1. The summed E-state index contributed by atoms with van der Waals surface area (Å²) < 4.78 is 2.60. The summed E-state index contributed by atoms with van der Waals surface area (Å²) in [6.07, 6.45) is 0. The minimum Gasteiger partial charge on any atom is -0.310 e. The molecule has 0 radical (unpaired) electrons. The maximum Gasteiger partial charge on any atom is 0.252 e. The molecular weight excluding hydrogens is 1250 g/mol. The quantitative estimate of drug-likeness (QED) is 0.0853. The molecule has 0 N–H and O–H groups in total. The number of anilines is 6. The molecule has 1 aromatic heterocycles. The number of aromatic nitrogens is 1. The Morgan fingerprint density at radius 3 is 0.990 bits per heavy atom. The molecule has 3 heterocycles. The van der Waals surface area contributed by atoms with Crippen LogP contribution in [0.25, 0.3) is 115 Å². The molecule has 2 aliphatic rings. The van der Waals surface area contributed by atoms with Gasteiger partial charge >= 0.3 is 0 Å². The molecule has 2 aliphatic heterocycles. The second-order valence-electron chi connectivity index (χ2n) is 34.9. The third kappa shape index (κ3) is 10.4. The minimum atomic E-state index is -0.313. The number of hydrogen-bond donors (Lipinski definition) is 0. The first-order valence-electron chi connectivity index (χ1n) is 37.5. The van der Waals surface area contributed by atoms with Gasteiger partial charge in [0, 0.05) is 61.5 Å². The maximum absolute atomic E-state index is 2.75. The first-order valence-corrected chi connectivity index (χ1v) is 37.5. The topological polar surface area (TPSA) is 11.4 Å². The van der Waals surface area contributed by atoms with Crippen molar-refractivity contribution in [1.29, 1.82) is 0 Å². The second-order valence-corrected chi connectivity index (χ2v) is 34.9. The van der Waals surface area contributed by atoms with Gasteiger partial charge in [-0.1, -0.05) is 334 Å². The van der Waals surface area contributed by atoms with Crippen molar-refractivity contribution in [1.82, 2.24) is 4.57 Å². The third-order valence-electron chi connectivity index (χ3n) is 23.1. The zero-order chi connectivity index (χ0) is 71.8. The molecule has 508 valence electrons. The fourth-order valence-corrected chi connectivity index (χ4v) is 17.4. The summed E-state index contributed by atoms with van der Waals surface area (Å²) in [5.74, 6) is 0. The Balaban J connectivity index is 0.998. The molecule has 0 bridgehead atoms. The number of para-hydroxylation sites is 2. The van der Waals surface area contributed by atoms with Gasteiger partial charge in [-0.2, -0.15) is 0 Å². The average Bonchev–Trinajstić information content (AvgIpc) is 0.916. The summed E-state index contributed by atoms with van der Waals surface area (Å²) in [6.45, 7) is 34.8. The lowest BCUT2D eigenvalue weighted by atomic mass is 9.33. The van der Waals surface area contributed by atoms with Crippen LogP contribution in [0.4, 0.5) is 34.1 Å². The smallest absolute Gasteiger partial charge is 0.252 e. The zero-order valence-electron chi connectivity index (χ0n) is 62.9. The van der Waals surface area contributed by atoms with Gasteiger partial charge in [0.15, 0.2) is 0 Å². The molecule has 3 nitrogen and oxygen atoms in total. The maximum atomic E-state index is 2.75. The molecule has 0 saturated heterocycles. The lowest BCUT2D eigenvalue weighted by Crippen LogP contribution is -2.61. The van der Waals surface area contributed by atoms with Crippen LogP contribution in [0.3, 0.4) is 0 Å². The summed E-state index contributed by atoms with van der Waals surface area (Å²) >= 11 is 0. The Bertz CT molecular complexity index is 5820. The van der Waals surface area contributed by atoms with E-state index in [1.807, 2.05) is 0 Å². The highest BCUT2D eigenvalue weighted by atomic mass is 15.2. The van der Waals surface area contributed by atoms with Crippen molar-refractivity contribution in [3.8, 4) is 61.3 Å². The molecule has 0 atom stereocenters. The van der Waals surface area contributed by atoms with E-state index in [2.05, 4.69) is 391 Å². The van der Waals surface area contributed by atoms with Crippen LogP contribution in [0.15, 0.2) is 273 Å². The van der Waals surface area contributed by atoms with Crippen LogP contribution in [0.1, 0.15) is 132 Å². The predicted molar refractivity (Wildman–Crippen MR) is 450 cm³/mol. The fraction of sp³-hybridized carbons (Fsp3) is 0.200. The van der Waals surface area contributed by atoms with Crippen LogP contribution >= 0.6 is 0 Å². The van der Waals surface area contributed by atoms with Gasteiger partial charge in [-0.25, -0.2) is 0 Å². The van der Waals surface area contributed by atoms with Crippen LogP contribution in [-0.4, -0.2) is 11.3 Å². The van der Waals surface area contributed by atoms with E-state index in [1.165, 1.54) is 171 Å². The highest BCUT2D eigenvalue weighted by Crippen LogP contribution is 2.56. The molecule has 15 aromatic carbocycles. The van der Waals surface area contributed by atoms with E-state index in [1.54, 1.807) is 0 Å². The van der Waals surface area contributed by atoms with E-state index in [9.17, 15) is 0 Å². The Morgan fingerprint density at radius 1 is 0.250 bits per heavy atom. The molecule has 0 unspecified atom stereocenters. The molecule has 0 saturated carbocycles. The Labute approximate surface area is 614 Å². The predicted octanol–water partition coefficient (Wildman–Crippen LogP) is 26.0. The third-order valence-corrected chi connectivity index (χ3v) is 23.1. The molecule has 0 spiro atoms. The number of benzene rings is 15. The van der Waals surface area contributed by atoms with Gasteiger partial charge < -0.3 is 14.4 Å². The van der Waals surface area contributed by atoms with Crippen LogP contribution in [0.5, 0.6) is 0 Å². The van der Waals surface area contributed by atoms with Gasteiger partial charge in [0.05, 0.1) is 22.4 Å². The standard InChI is InChI=1S/C100H90BN3/c1-96(2,3)69-44-33-62(34-45-69)75-27-21-28-76(63-35-46-70(47-36-63)97(4,5)6)94(75)103-85-57-68(61-23-17-16-18-24-61)41-53-81(85)101-82-54-52-74(102-83-55-42-66-25-19-31-79-80-32-20-26-67-43-56-84(102)92(90(67)80)91(83)89(66)79)60-86(82)104(88-59-73(100(13,14)15)58-87(103)93(88)101)95-77(64-37-48-71(49-38-64)98(7,8)9)29-22-30-78(95)65-39-50-72(51-40-65)99(10,11)12/h16-60H,1-15H3. The van der Waals surface area contributed by atoms with E-state index in [4.69, 9.17) is 0 Å². The van der Waals surface area contributed by atoms with E-state index in [-0.39, 0.29) is 33.8 Å². The number of fused-ring (bicyclic) bond motifs is 5. The molecular formula is C100H90BN3. The lowest BCUT2D eigenvalue weighted by Gasteiger charge is -2.46. The van der Waals surface area contributed by atoms with E-state index >= 15 is 0 Å². The summed E-state index contributed by atoms with van der Waals surface area (Å²) in [5, 5.41) is 10.4. The van der Waals surface area contributed by atoms with Crippen molar-refractivity contribution in [3.63, 3.8) is 0 Å². The molecule has 0 fully saturated rings. The Morgan fingerprint density at radius 2 is 0.606 bits per heavy atom. The van der Waals surface area contributed by atoms with Gasteiger partial charge in [-0.3, -0.25) is 0 Å². The highest BCUT2D eigenvalue weighted by molar-refractivity contribution is 7.00. The van der Waals surface area contributed by atoms with Crippen molar-refractivity contribution in [2.24, 2.45) is 0 Å². The van der Waals surface area contributed by atoms with Gasteiger partial charge in [-0.15, -0.1) is 0 Å². The van der Waals surface area contributed by atoms with Crippen LogP contribution < -0.4 is 26.2 Å². The SMILES string of the molecule is CC(C)(C)c1ccc(-c2cccc(-c3ccc(C(C)(C)C)cc3)c2N2c3cc(-c4ccccc4)ccc3B3c4ccc(-n5c6ccc7cccc8c9cccc%10ccc5c(c%109)c6c78)cc4N(c4c(-c5ccc(C(C)(C)C)cc5)cccc4-c4ccc(C(C)(C)C)cc4)c4cc(C(C)(C)C)cc2c43)cc1. The first-order chi connectivity index (χ1) is 49.8. The fourth-order valence-electron chi connectivity index (χ4n) is 17.4.